The second-order valence-electron chi connectivity index (χ2n) is 7.43. The molecule has 4 nitrogen and oxygen atoms in total. The van der Waals surface area contributed by atoms with Crippen molar-refractivity contribution in [2.24, 2.45) is 10.9 Å². The number of ether oxygens (including phenoxy) is 1. The number of aliphatic hydroxyl groups excluding tert-OH is 1. The highest BCUT2D eigenvalue weighted by atomic mass is 19.4. The monoisotopic (exact) mass is 402 g/mol. The number of hydrogen-bond acceptors (Lipinski definition) is 4. The molecule has 0 fully saturated rings. The highest BCUT2D eigenvalue weighted by Gasteiger charge is 2.30. The number of benzene rings is 2. The van der Waals surface area contributed by atoms with E-state index in [-0.39, 0.29) is 0 Å². The molecule has 4 rings (SSSR count). The number of aliphatic hydroxyl groups is 1. The Kier molecular flexibility index (Phi) is 5.19. The summed E-state index contributed by atoms with van der Waals surface area (Å²) in [6.07, 6.45) is -0.546. The summed E-state index contributed by atoms with van der Waals surface area (Å²) in [4.78, 5) is 6.19. The zero-order valence-electron chi connectivity index (χ0n) is 15.9. The van der Waals surface area contributed by atoms with Crippen LogP contribution in [-0.2, 0) is 12.7 Å². The highest BCUT2D eigenvalue weighted by molar-refractivity contribution is 5.66. The predicted octanol–water partition coefficient (Wildman–Crippen LogP) is 4.84. The zero-order valence-corrected chi connectivity index (χ0v) is 15.9. The lowest BCUT2D eigenvalue weighted by Crippen LogP contribution is -2.43. The van der Waals surface area contributed by atoms with Gasteiger partial charge in [0.2, 0.25) is 0 Å². The number of nitrogens with zero attached hydrogens (tertiary/aromatic N) is 2. The van der Waals surface area contributed by atoms with Gasteiger partial charge in [0, 0.05) is 24.9 Å². The second-order valence-corrected chi connectivity index (χ2v) is 7.43. The molecule has 2 unspecified atom stereocenters. The molecule has 7 heteroatoms. The Labute approximate surface area is 166 Å². The number of fused-ring (bicyclic) bond motifs is 1. The van der Waals surface area contributed by atoms with Crippen molar-refractivity contribution in [3.63, 3.8) is 0 Å². The van der Waals surface area contributed by atoms with Crippen LogP contribution in [0.2, 0.25) is 0 Å². The highest BCUT2D eigenvalue weighted by Crippen LogP contribution is 2.34. The molecular weight excluding hydrogens is 381 g/mol. The number of halogens is 3. The van der Waals surface area contributed by atoms with E-state index in [1.165, 1.54) is 12.1 Å². The average molecular weight is 402 g/mol. The van der Waals surface area contributed by atoms with Crippen LogP contribution >= 0.6 is 0 Å². The van der Waals surface area contributed by atoms with Gasteiger partial charge in [-0.05, 0) is 47.7 Å². The maximum absolute atomic E-state index is 12.8. The number of hydrogen-bond donors (Lipinski definition) is 1. The normalized spacial score (nSPS) is 22.0. The maximum Gasteiger partial charge on any atom is 0.416 e. The molecular formula is C22H21F3N2O2. The van der Waals surface area contributed by atoms with Crippen molar-refractivity contribution in [3.8, 4) is 16.9 Å². The van der Waals surface area contributed by atoms with Crippen molar-refractivity contribution in [1.29, 1.82) is 0 Å². The van der Waals surface area contributed by atoms with Gasteiger partial charge in [-0.3, -0.25) is 4.99 Å². The Morgan fingerprint density at radius 2 is 1.86 bits per heavy atom. The number of allylic oxidation sites excluding steroid dienone is 1. The molecule has 0 amide bonds. The van der Waals surface area contributed by atoms with Gasteiger partial charge in [0.1, 0.15) is 5.75 Å². The van der Waals surface area contributed by atoms with Crippen molar-refractivity contribution < 1.29 is 23.0 Å². The van der Waals surface area contributed by atoms with Crippen LogP contribution in [0.15, 0.2) is 59.2 Å². The molecule has 0 aliphatic carbocycles. The first kappa shape index (κ1) is 19.7. The molecule has 2 aromatic rings. The zero-order chi connectivity index (χ0) is 20.6. The van der Waals surface area contributed by atoms with Gasteiger partial charge in [0.05, 0.1) is 11.3 Å². The SMILES string of the molecule is CC1C=NC(CN2Cc3cc(-c4ccc(C(F)(F)F)cc4)ccc3OC2O)=CC1. The van der Waals surface area contributed by atoms with Crippen molar-refractivity contribution in [1.82, 2.24) is 4.90 Å². The van der Waals surface area contributed by atoms with Crippen LogP contribution in [-0.4, -0.2) is 29.2 Å². The average Bonchev–Trinajstić information content (AvgIpc) is 2.69. The number of aliphatic imine (C=N–C) groups is 1. The Morgan fingerprint density at radius 1 is 1.14 bits per heavy atom. The number of rotatable bonds is 3. The van der Waals surface area contributed by atoms with E-state index in [4.69, 9.17) is 4.74 Å². The molecule has 0 saturated carbocycles. The van der Waals surface area contributed by atoms with Crippen LogP contribution in [0.5, 0.6) is 5.75 Å². The largest absolute Gasteiger partial charge is 0.451 e. The Hall–Kier alpha value is -2.64. The van der Waals surface area contributed by atoms with Gasteiger partial charge in [-0.2, -0.15) is 13.2 Å². The summed E-state index contributed by atoms with van der Waals surface area (Å²) < 4.78 is 44.0. The summed E-state index contributed by atoms with van der Waals surface area (Å²) in [5.74, 6) is 0.979. The quantitative estimate of drug-likeness (QED) is 0.799. The topological polar surface area (TPSA) is 45.1 Å². The van der Waals surface area contributed by atoms with Gasteiger partial charge in [0.15, 0.2) is 0 Å². The molecule has 2 atom stereocenters. The predicted molar refractivity (Wildman–Crippen MR) is 104 cm³/mol. The molecule has 29 heavy (non-hydrogen) atoms. The van der Waals surface area contributed by atoms with Gasteiger partial charge in [0.25, 0.3) is 6.41 Å². The second kappa shape index (κ2) is 7.65. The van der Waals surface area contributed by atoms with Gasteiger partial charge >= 0.3 is 6.18 Å². The molecule has 2 aliphatic rings. The molecule has 152 valence electrons. The van der Waals surface area contributed by atoms with Crippen LogP contribution < -0.4 is 4.74 Å². The third kappa shape index (κ3) is 4.36. The molecule has 1 N–H and O–H groups in total. The Morgan fingerprint density at radius 3 is 2.52 bits per heavy atom. The van der Waals surface area contributed by atoms with E-state index in [9.17, 15) is 18.3 Å². The summed E-state index contributed by atoms with van der Waals surface area (Å²) in [6.45, 7) is 3.00. The van der Waals surface area contributed by atoms with Crippen molar-refractivity contribution in [2.45, 2.75) is 32.5 Å². The Bertz CT molecular complexity index is 952. The van der Waals surface area contributed by atoms with Crippen LogP contribution in [0.3, 0.4) is 0 Å². The third-order valence-corrected chi connectivity index (χ3v) is 5.11. The van der Waals surface area contributed by atoms with Crippen LogP contribution in [0, 0.1) is 5.92 Å². The van der Waals surface area contributed by atoms with E-state index < -0.39 is 18.2 Å². The lowest BCUT2D eigenvalue weighted by Gasteiger charge is -2.34. The minimum absolute atomic E-state index is 0.410. The standard InChI is InChI=1S/C22H21F3N2O2/c1-14-2-8-19(26-11-14)13-27-12-17-10-16(5-9-20(17)29-21(27)28)15-3-6-18(7-4-15)22(23,24)25/h3-11,14,21,28H,2,12-13H2,1H3. The van der Waals surface area contributed by atoms with E-state index in [1.807, 2.05) is 12.3 Å². The van der Waals surface area contributed by atoms with Crippen LogP contribution in [0.1, 0.15) is 24.5 Å². The van der Waals surface area contributed by atoms with Crippen LogP contribution in [0.25, 0.3) is 11.1 Å². The van der Waals surface area contributed by atoms with E-state index in [2.05, 4.69) is 18.0 Å². The van der Waals surface area contributed by atoms with Crippen molar-refractivity contribution in [3.05, 3.63) is 65.4 Å². The molecule has 0 spiro atoms. The number of alkyl halides is 3. The van der Waals surface area contributed by atoms with Crippen molar-refractivity contribution in [2.75, 3.05) is 6.54 Å². The first-order valence-electron chi connectivity index (χ1n) is 9.42. The summed E-state index contributed by atoms with van der Waals surface area (Å²) >= 11 is 0. The lowest BCUT2D eigenvalue weighted by molar-refractivity contribution is -0.148. The van der Waals surface area contributed by atoms with Gasteiger partial charge in [-0.1, -0.05) is 31.2 Å². The summed E-state index contributed by atoms with van der Waals surface area (Å²) in [5.41, 5.74) is 2.55. The molecule has 2 aromatic carbocycles. The maximum atomic E-state index is 12.8. The molecule has 2 aliphatic heterocycles. The third-order valence-electron chi connectivity index (χ3n) is 5.11. The van der Waals surface area contributed by atoms with Gasteiger partial charge < -0.3 is 9.84 Å². The van der Waals surface area contributed by atoms with E-state index in [1.54, 1.807) is 17.0 Å². The molecule has 0 radical (unpaired) electrons. The molecule has 2 heterocycles. The van der Waals surface area contributed by atoms with Gasteiger partial charge in [-0.15, -0.1) is 0 Å². The summed E-state index contributed by atoms with van der Waals surface area (Å²) in [7, 11) is 0. The van der Waals surface area contributed by atoms with Crippen LogP contribution in [0.4, 0.5) is 13.2 Å². The minimum atomic E-state index is -4.35. The first-order valence-corrected chi connectivity index (χ1v) is 9.42. The fourth-order valence-corrected chi connectivity index (χ4v) is 3.44. The van der Waals surface area contributed by atoms with E-state index >= 15 is 0 Å². The summed E-state index contributed by atoms with van der Waals surface area (Å²) in [6, 6.07) is 10.5. The molecule has 0 aromatic heterocycles. The Balaban J connectivity index is 1.54. The minimum Gasteiger partial charge on any atom is -0.451 e. The van der Waals surface area contributed by atoms with Crippen molar-refractivity contribution >= 4 is 6.21 Å². The fourth-order valence-electron chi connectivity index (χ4n) is 3.44. The fraction of sp³-hybridized carbons (Fsp3) is 0.318. The lowest BCUT2D eigenvalue weighted by atomic mass is 10.00. The smallest absolute Gasteiger partial charge is 0.416 e. The summed E-state index contributed by atoms with van der Waals surface area (Å²) in [5, 5.41) is 10.3. The first-order chi connectivity index (χ1) is 13.8. The molecule has 0 bridgehead atoms. The van der Waals surface area contributed by atoms with E-state index in [0.717, 1.165) is 35.4 Å². The van der Waals surface area contributed by atoms with Gasteiger partial charge in [-0.25, -0.2) is 4.90 Å². The van der Waals surface area contributed by atoms with E-state index in [0.29, 0.717) is 30.3 Å². The molecule has 0 saturated heterocycles.